The second-order valence-corrected chi connectivity index (χ2v) is 21.5. The van der Waals surface area contributed by atoms with E-state index in [1.54, 1.807) is 0 Å². The van der Waals surface area contributed by atoms with E-state index in [9.17, 15) is 0 Å². The Morgan fingerprint density at radius 2 is 1.05 bits per heavy atom. The molecule has 13 aromatic rings. The van der Waals surface area contributed by atoms with E-state index in [4.69, 9.17) is 0 Å². The second kappa shape index (κ2) is 17.8. The molecule has 0 N–H and O–H groups in total. The molecule has 0 fully saturated rings. The molecule has 2 heterocycles. The van der Waals surface area contributed by atoms with Gasteiger partial charge in [-0.15, -0.1) is 11.3 Å². The predicted molar refractivity (Wildman–Crippen MR) is 329 cm³/mol. The number of aromatic nitrogens is 1. The lowest BCUT2D eigenvalue weighted by Crippen LogP contribution is -2.26. The molecule has 2 nitrogen and oxygen atoms in total. The molecule has 0 aliphatic heterocycles. The van der Waals surface area contributed by atoms with Crippen molar-refractivity contribution in [2.45, 2.75) is 12.3 Å². The lowest BCUT2D eigenvalue weighted by Gasteiger charge is -2.32. The van der Waals surface area contributed by atoms with Gasteiger partial charge in [0.1, 0.15) is 0 Å². The maximum absolute atomic E-state index is 3.87. The molecule has 3 heteroatoms. The van der Waals surface area contributed by atoms with Gasteiger partial charge in [-0.1, -0.05) is 213 Å². The average Bonchev–Trinajstić information content (AvgIpc) is 4.42. The largest absolute Gasteiger partial charge is 0.310 e. The van der Waals surface area contributed by atoms with E-state index in [0.29, 0.717) is 0 Å². The van der Waals surface area contributed by atoms with Crippen LogP contribution in [0, 0.1) is 0 Å². The zero-order chi connectivity index (χ0) is 51.2. The van der Waals surface area contributed by atoms with E-state index in [2.05, 4.69) is 284 Å². The first-order chi connectivity index (χ1) is 38.1. The van der Waals surface area contributed by atoms with E-state index in [-0.39, 0.29) is 0 Å². The van der Waals surface area contributed by atoms with E-state index in [1.165, 1.54) is 120 Å². The third-order valence-corrected chi connectivity index (χ3v) is 17.5. The number of thiophene rings is 1. The number of nitrogens with zero attached hydrogens (tertiary/aromatic N) is 2. The molecule has 11 aromatic carbocycles. The maximum atomic E-state index is 3.87. The highest BCUT2D eigenvalue weighted by Gasteiger charge is 2.51. The molecule has 0 radical (unpaired) electrons. The molecular weight excluding hydrogens is 949 g/mol. The van der Waals surface area contributed by atoms with Crippen molar-refractivity contribution in [3.63, 3.8) is 0 Å². The van der Waals surface area contributed by atoms with E-state index in [1.807, 2.05) is 23.5 Å². The minimum Gasteiger partial charge on any atom is -0.310 e. The van der Waals surface area contributed by atoms with Crippen LogP contribution in [0.15, 0.2) is 280 Å². The summed E-state index contributed by atoms with van der Waals surface area (Å²) in [6.45, 7) is 6.05. The van der Waals surface area contributed by atoms with Crippen LogP contribution in [0.4, 0.5) is 17.1 Å². The fraction of sp³-hybridized carbons (Fsp3) is 0.0270. The van der Waals surface area contributed by atoms with Crippen molar-refractivity contribution in [3.05, 3.63) is 307 Å². The molecule has 2 aliphatic carbocycles. The minimum absolute atomic E-state index is 0.471. The standard InChI is InChI=1S/C74H50N2S/c1-3-4-6-21-48(2)51-24-19-27-55(44-51)76-69-36-17-12-31-61(69)64-47-63(73-71(72(64)76)62-32-13-18-37-70(62)77-73)52-25-20-26-54(45-52)75(53-40-38-50(39-41-53)49-22-7-5-8-23-49)56-42-43-60-59-30-11-16-35-67(59)74(68(60)46-56)65-33-14-9-28-57(65)58-29-10-15-34-66(58)74/h3-47H,1H2,2H3/b6-4-,48-21+. The third kappa shape index (κ3) is 6.80. The third-order valence-electron chi connectivity index (χ3n) is 16.3. The first-order valence-corrected chi connectivity index (χ1v) is 27.3. The summed E-state index contributed by atoms with van der Waals surface area (Å²) in [5.74, 6) is 0. The fourth-order valence-corrected chi connectivity index (χ4v) is 14.2. The van der Waals surface area contributed by atoms with Gasteiger partial charge in [-0.25, -0.2) is 0 Å². The van der Waals surface area contributed by atoms with Gasteiger partial charge in [0.15, 0.2) is 0 Å². The first kappa shape index (κ1) is 44.9. The molecule has 2 aromatic heterocycles. The summed E-state index contributed by atoms with van der Waals surface area (Å²) in [5, 5.41) is 5.01. The molecule has 0 amide bonds. The van der Waals surface area contributed by atoms with Gasteiger partial charge in [-0.2, -0.15) is 0 Å². The van der Waals surface area contributed by atoms with Crippen LogP contribution in [-0.2, 0) is 5.41 Å². The van der Waals surface area contributed by atoms with E-state index < -0.39 is 5.41 Å². The molecule has 0 saturated carbocycles. The van der Waals surface area contributed by atoms with Crippen molar-refractivity contribution in [1.29, 1.82) is 0 Å². The SMILES string of the molecule is C=C/C=C\C=C(/C)c1cccc(-n2c3ccccc3c3cc(-c4cccc(N(c5ccc(-c6ccccc6)cc5)c5ccc6c(c5)C5(c7ccccc7-c7ccccc75)c5ccccc5-6)c4)c4sc5ccccc5c4c32)c1. The Balaban J connectivity index is 0.956. The van der Waals surface area contributed by atoms with E-state index in [0.717, 1.165) is 22.7 Å². The Hall–Kier alpha value is -9.54. The number of hydrogen-bond donors (Lipinski definition) is 0. The first-order valence-electron chi connectivity index (χ1n) is 26.5. The molecule has 0 bridgehead atoms. The van der Waals surface area contributed by atoms with Crippen LogP contribution >= 0.6 is 11.3 Å². The highest BCUT2D eigenvalue weighted by atomic mass is 32.1. The van der Waals surface area contributed by atoms with Crippen LogP contribution < -0.4 is 4.90 Å². The van der Waals surface area contributed by atoms with Gasteiger partial charge in [0.2, 0.25) is 0 Å². The lowest BCUT2D eigenvalue weighted by atomic mass is 9.70. The molecule has 2 aliphatic rings. The van der Waals surface area contributed by atoms with Crippen LogP contribution in [-0.4, -0.2) is 4.57 Å². The van der Waals surface area contributed by atoms with Crippen LogP contribution in [0.1, 0.15) is 34.7 Å². The Morgan fingerprint density at radius 3 is 1.79 bits per heavy atom. The van der Waals surface area contributed by atoms with Crippen molar-refractivity contribution in [2.24, 2.45) is 0 Å². The van der Waals surface area contributed by atoms with Crippen LogP contribution in [0.25, 0.3) is 97.7 Å². The van der Waals surface area contributed by atoms with Gasteiger partial charge in [0.25, 0.3) is 0 Å². The van der Waals surface area contributed by atoms with Crippen molar-refractivity contribution in [3.8, 4) is 50.2 Å². The zero-order valence-electron chi connectivity index (χ0n) is 42.5. The monoisotopic (exact) mass is 998 g/mol. The van der Waals surface area contributed by atoms with Gasteiger partial charge in [-0.05, 0) is 146 Å². The van der Waals surface area contributed by atoms with Crippen LogP contribution in [0.2, 0.25) is 0 Å². The normalized spacial score (nSPS) is 13.2. The number of hydrogen-bond acceptors (Lipinski definition) is 2. The average molecular weight is 999 g/mol. The topological polar surface area (TPSA) is 8.17 Å². The van der Waals surface area contributed by atoms with Gasteiger partial charge in [0, 0.05) is 59.3 Å². The van der Waals surface area contributed by atoms with Crippen LogP contribution in [0.3, 0.4) is 0 Å². The molecule has 1 spiro atoms. The van der Waals surface area contributed by atoms with Gasteiger partial charge in [0.05, 0.1) is 16.4 Å². The Kier molecular flexibility index (Phi) is 10.4. The zero-order valence-corrected chi connectivity index (χ0v) is 43.3. The predicted octanol–water partition coefficient (Wildman–Crippen LogP) is 20.4. The fourth-order valence-electron chi connectivity index (χ4n) is 13.0. The number of para-hydroxylation sites is 1. The van der Waals surface area contributed by atoms with Crippen molar-refractivity contribution < 1.29 is 0 Å². The number of rotatable bonds is 9. The summed E-state index contributed by atoms with van der Waals surface area (Å²) in [7, 11) is 0. The molecule has 15 rings (SSSR count). The lowest BCUT2D eigenvalue weighted by molar-refractivity contribution is 0.793. The van der Waals surface area contributed by atoms with E-state index >= 15 is 0 Å². The highest BCUT2D eigenvalue weighted by Crippen LogP contribution is 2.63. The molecule has 77 heavy (non-hydrogen) atoms. The summed E-state index contributed by atoms with van der Waals surface area (Å²) in [4.78, 5) is 2.48. The molecule has 362 valence electrons. The highest BCUT2D eigenvalue weighted by molar-refractivity contribution is 7.26. The molecule has 0 saturated heterocycles. The van der Waals surface area contributed by atoms with Crippen molar-refractivity contribution in [2.75, 3.05) is 4.90 Å². The van der Waals surface area contributed by atoms with Gasteiger partial charge < -0.3 is 9.47 Å². The summed E-state index contributed by atoms with van der Waals surface area (Å²) >= 11 is 1.89. The summed E-state index contributed by atoms with van der Waals surface area (Å²) in [5.41, 5.74) is 24.0. The number of benzene rings is 11. The Morgan fingerprint density at radius 1 is 0.455 bits per heavy atom. The molecular formula is C74H50N2S. The minimum atomic E-state index is -0.471. The van der Waals surface area contributed by atoms with Gasteiger partial charge in [-0.3, -0.25) is 0 Å². The summed E-state index contributed by atoms with van der Waals surface area (Å²) in [6, 6.07) is 92.9. The number of allylic oxidation sites excluding steroid dienone is 5. The number of fused-ring (bicyclic) bond motifs is 17. The van der Waals surface area contributed by atoms with Crippen molar-refractivity contribution >= 4 is 76.0 Å². The molecule has 0 atom stereocenters. The van der Waals surface area contributed by atoms with Crippen LogP contribution in [0.5, 0.6) is 0 Å². The number of anilines is 3. The smallest absolute Gasteiger partial charge is 0.0726 e. The summed E-state index contributed by atoms with van der Waals surface area (Å²) < 4.78 is 5.05. The maximum Gasteiger partial charge on any atom is 0.0726 e. The summed E-state index contributed by atoms with van der Waals surface area (Å²) in [6.07, 6.45) is 8.01. The Labute approximate surface area is 452 Å². The second-order valence-electron chi connectivity index (χ2n) is 20.4. The quantitative estimate of drug-likeness (QED) is 0.131. The Bertz CT molecular complexity index is 4540. The van der Waals surface area contributed by atoms with Gasteiger partial charge >= 0.3 is 0 Å². The molecule has 0 unspecified atom stereocenters. The van der Waals surface area contributed by atoms with Crippen molar-refractivity contribution in [1.82, 2.24) is 4.57 Å².